The number of hydrogen-bond donors (Lipinski definition) is 1. The molecular formula is C17H19N5O3. The molecule has 0 spiro atoms. The van der Waals surface area contributed by atoms with Crippen LogP contribution in [0.2, 0.25) is 0 Å². The van der Waals surface area contributed by atoms with E-state index in [9.17, 15) is 4.79 Å². The number of carbonyl (C=O) groups excluding carboxylic acids is 1. The summed E-state index contributed by atoms with van der Waals surface area (Å²) in [5.74, 6) is 1.79. The van der Waals surface area contributed by atoms with Gasteiger partial charge in [-0.3, -0.25) is 4.79 Å². The van der Waals surface area contributed by atoms with E-state index in [4.69, 9.17) is 9.15 Å². The summed E-state index contributed by atoms with van der Waals surface area (Å²) in [6, 6.07) is 6.67. The van der Waals surface area contributed by atoms with Crippen LogP contribution in [0.1, 0.15) is 34.8 Å². The lowest BCUT2D eigenvalue weighted by Gasteiger charge is -2.16. The Bertz CT molecular complexity index is 828. The molecule has 0 radical (unpaired) electrons. The molecule has 25 heavy (non-hydrogen) atoms. The number of nitrogens with zero attached hydrogens (tertiary/aromatic N) is 4. The van der Waals surface area contributed by atoms with Crippen molar-refractivity contribution in [1.82, 2.24) is 25.1 Å². The minimum Gasteiger partial charge on any atom is -0.464 e. The minimum absolute atomic E-state index is 0.250. The van der Waals surface area contributed by atoms with Crippen LogP contribution in [0.5, 0.6) is 0 Å². The molecular weight excluding hydrogens is 322 g/mol. The van der Waals surface area contributed by atoms with Crippen molar-refractivity contribution in [2.24, 2.45) is 0 Å². The molecule has 1 amide bonds. The molecule has 130 valence electrons. The van der Waals surface area contributed by atoms with Crippen molar-refractivity contribution in [2.75, 3.05) is 13.7 Å². The molecule has 3 aromatic rings. The van der Waals surface area contributed by atoms with Crippen molar-refractivity contribution in [3.8, 4) is 5.82 Å². The molecule has 0 saturated carbocycles. The van der Waals surface area contributed by atoms with Crippen molar-refractivity contribution in [2.45, 2.75) is 19.4 Å². The van der Waals surface area contributed by atoms with Crippen molar-refractivity contribution in [3.05, 3.63) is 60.2 Å². The molecule has 0 saturated heterocycles. The van der Waals surface area contributed by atoms with Crippen LogP contribution in [-0.4, -0.2) is 39.4 Å². The third-order valence-electron chi connectivity index (χ3n) is 3.67. The Kier molecular flexibility index (Phi) is 5.20. The second-order valence-corrected chi connectivity index (χ2v) is 5.38. The average Bonchev–Trinajstić information content (AvgIpc) is 3.33. The van der Waals surface area contributed by atoms with Crippen molar-refractivity contribution in [1.29, 1.82) is 0 Å². The first-order chi connectivity index (χ1) is 12.2. The molecule has 0 fully saturated rings. The summed E-state index contributed by atoms with van der Waals surface area (Å²) in [7, 11) is 1.58. The van der Waals surface area contributed by atoms with E-state index in [1.807, 2.05) is 19.1 Å². The van der Waals surface area contributed by atoms with Crippen LogP contribution in [0, 0.1) is 0 Å². The van der Waals surface area contributed by atoms with Crippen molar-refractivity contribution < 1.29 is 13.9 Å². The van der Waals surface area contributed by atoms with Crippen LogP contribution in [0.3, 0.4) is 0 Å². The second kappa shape index (κ2) is 7.71. The van der Waals surface area contributed by atoms with Gasteiger partial charge in [-0.1, -0.05) is 6.92 Å². The topological polar surface area (TPSA) is 95.1 Å². The molecule has 8 nitrogen and oxygen atoms in total. The maximum atomic E-state index is 12.6. The number of aromatic nitrogens is 4. The van der Waals surface area contributed by atoms with Crippen LogP contribution in [0.15, 0.2) is 47.5 Å². The SMILES string of the molecule is CCc1ccc(C(COC)NC(=O)c2ccnc(-n3cncn3)c2)o1. The molecule has 3 rings (SSSR count). The summed E-state index contributed by atoms with van der Waals surface area (Å²) < 4.78 is 12.4. The fraction of sp³-hybridized carbons (Fsp3) is 0.294. The molecule has 1 atom stereocenters. The molecule has 8 heteroatoms. The van der Waals surface area contributed by atoms with Gasteiger partial charge in [0, 0.05) is 25.3 Å². The van der Waals surface area contributed by atoms with E-state index >= 15 is 0 Å². The second-order valence-electron chi connectivity index (χ2n) is 5.38. The number of rotatable bonds is 7. The zero-order valence-corrected chi connectivity index (χ0v) is 14.0. The first-order valence-corrected chi connectivity index (χ1v) is 7.90. The summed E-state index contributed by atoms with van der Waals surface area (Å²) in [5, 5.41) is 6.94. The van der Waals surface area contributed by atoms with Gasteiger partial charge in [0.15, 0.2) is 5.82 Å². The van der Waals surface area contributed by atoms with Gasteiger partial charge in [0.2, 0.25) is 0 Å². The standard InChI is InChI=1S/C17H19N5O3/c1-3-13-4-5-15(25-13)14(9-24-2)21-17(23)12-6-7-19-16(8-12)22-11-18-10-20-22/h4-8,10-11,14H,3,9H2,1-2H3,(H,21,23). The third kappa shape index (κ3) is 3.92. The molecule has 3 heterocycles. The van der Waals surface area contributed by atoms with Gasteiger partial charge in [0.05, 0.1) is 6.61 Å². The maximum absolute atomic E-state index is 12.6. The van der Waals surface area contributed by atoms with Crippen LogP contribution in [-0.2, 0) is 11.2 Å². The number of nitrogens with one attached hydrogen (secondary N) is 1. The molecule has 0 bridgehead atoms. The van der Waals surface area contributed by atoms with Crippen molar-refractivity contribution >= 4 is 5.91 Å². The Labute approximate surface area is 144 Å². The van der Waals surface area contributed by atoms with Gasteiger partial charge < -0.3 is 14.5 Å². The number of hydrogen-bond acceptors (Lipinski definition) is 6. The summed E-state index contributed by atoms with van der Waals surface area (Å²) in [6.07, 6.45) is 5.27. The zero-order chi connectivity index (χ0) is 17.6. The maximum Gasteiger partial charge on any atom is 0.252 e. The quantitative estimate of drug-likeness (QED) is 0.705. The van der Waals surface area contributed by atoms with Gasteiger partial charge in [-0.2, -0.15) is 5.10 Å². The lowest BCUT2D eigenvalue weighted by molar-refractivity contribution is 0.0882. The van der Waals surface area contributed by atoms with Gasteiger partial charge in [-0.15, -0.1) is 0 Å². The van der Waals surface area contributed by atoms with E-state index in [1.165, 1.54) is 17.3 Å². The summed E-state index contributed by atoms with van der Waals surface area (Å²) in [4.78, 5) is 20.7. The predicted molar refractivity (Wildman–Crippen MR) is 89.3 cm³/mol. The van der Waals surface area contributed by atoms with Gasteiger partial charge in [-0.05, 0) is 24.3 Å². The first-order valence-electron chi connectivity index (χ1n) is 7.90. The van der Waals surface area contributed by atoms with E-state index in [1.54, 1.807) is 25.4 Å². The van der Waals surface area contributed by atoms with Crippen LogP contribution in [0.4, 0.5) is 0 Å². The lowest BCUT2D eigenvalue weighted by atomic mass is 10.2. The Morgan fingerprint density at radius 1 is 1.40 bits per heavy atom. The normalized spacial score (nSPS) is 12.1. The smallest absolute Gasteiger partial charge is 0.252 e. The van der Waals surface area contributed by atoms with Crippen LogP contribution >= 0.6 is 0 Å². The highest BCUT2D eigenvalue weighted by Crippen LogP contribution is 2.18. The molecule has 0 aromatic carbocycles. The van der Waals surface area contributed by atoms with Gasteiger partial charge >= 0.3 is 0 Å². The molecule has 0 aliphatic rings. The largest absolute Gasteiger partial charge is 0.464 e. The number of ether oxygens (including phenoxy) is 1. The molecule has 1 unspecified atom stereocenters. The van der Waals surface area contributed by atoms with Crippen LogP contribution in [0.25, 0.3) is 5.82 Å². The lowest BCUT2D eigenvalue weighted by Crippen LogP contribution is -2.31. The Morgan fingerprint density at radius 2 is 2.28 bits per heavy atom. The Balaban J connectivity index is 1.78. The van der Waals surface area contributed by atoms with E-state index < -0.39 is 0 Å². The Hall–Kier alpha value is -3.00. The van der Waals surface area contributed by atoms with E-state index in [-0.39, 0.29) is 11.9 Å². The number of carbonyl (C=O) groups is 1. The molecule has 0 aliphatic heterocycles. The highest BCUT2D eigenvalue weighted by Gasteiger charge is 2.19. The van der Waals surface area contributed by atoms with Gasteiger partial charge in [0.25, 0.3) is 5.91 Å². The summed E-state index contributed by atoms with van der Waals surface area (Å²) in [6.45, 7) is 2.32. The fourth-order valence-corrected chi connectivity index (χ4v) is 2.39. The summed E-state index contributed by atoms with van der Waals surface area (Å²) >= 11 is 0. The fourth-order valence-electron chi connectivity index (χ4n) is 2.39. The van der Waals surface area contributed by atoms with Gasteiger partial charge in [-0.25, -0.2) is 14.6 Å². The van der Waals surface area contributed by atoms with E-state index in [2.05, 4.69) is 20.4 Å². The predicted octanol–water partition coefficient (Wildman–Crippen LogP) is 1.94. The third-order valence-corrected chi connectivity index (χ3v) is 3.67. The van der Waals surface area contributed by atoms with Crippen molar-refractivity contribution in [3.63, 3.8) is 0 Å². The number of furan rings is 1. The molecule has 3 aromatic heterocycles. The first kappa shape index (κ1) is 16.8. The zero-order valence-electron chi connectivity index (χ0n) is 14.0. The number of pyridine rings is 1. The minimum atomic E-state index is -0.374. The van der Waals surface area contributed by atoms with Crippen LogP contribution < -0.4 is 5.32 Å². The number of aryl methyl sites for hydroxylation is 1. The molecule has 0 aliphatic carbocycles. The molecule has 1 N–H and O–H groups in total. The monoisotopic (exact) mass is 341 g/mol. The van der Waals surface area contributed by atoms with E-state index in [0.29, 0.717) is 23.7 Å². The number of methoxy groups -OCH3 is 1. The average molecular weight is 341 g/mol. The van der Waals surface area contributed by atoms with E-state index in [0.717, 1.165) is 12.2 Å². The van der Waals surface area contributed by atoms with Gasteiger partial charge in [0.1, 0.15) is 30.2 Å². The Morgan fingerprint density at radius 3 is 2.96 bits per heavy atom. The highest BCUT2D eigenvalue weighted by molar-refractivity contribution is 5.94. The summed E-state index contributed by atoms with van der Waals surface area (Å²) in [5.41, 5.74) is 0.462. The highest BCUT2D eigenvalue weighted by atomic mass is 16.5. The number of amides is 1.